The Labute approximate surface area is 296 Å². The predicted octanol–water partition coefficient (Wildman–Crippen LogP) is 7.46. The fourth-order valence-electron chi connectivity index (χ4n) is 5.79. The van der Waals surface area contributed by atoms with Crippen molar-refractivity contribution in [2.45, 2.75) is 50.2 Å². The second kappa shape index (κ2) is 16.1. The fraction of sp³-hybridized carbons (Fsp3) is 0.256. The first-order chi connectivity index (χ1) is 25.1. The van der Waals surface area contributed by atoms with Crippen molar-refractivity contribution in [3.05, 3.63) is 149 Å². The number of carbonyl (C=O) groups excluding carboxylic acids is 2. The minimum atomic E-state index is -4.86. The SMILES string of the molecule is COc1ccc(Cc2c(O[C@H]3C[C@@H](OC(=O)c4ccccc4)[C@H](F)[C@@H](COC(=O)c4ccccc4)O3)nn(Cc3ccccc3)c2C(F)(F)F)cc1. The number of carbonyl (C=O) groups is 2. The van der Waals surface area contributed by atoms with Gasteiger partial charge in [0, 0.05) is 6.42 Å². The van der Waals surface area contributed by atoms with E-state index in [0.717, 1.165) is 4.68 Å². The van der Waals surface area contributed by atoms with Gasteiger partial charge in [0.05, 0.1) is 36.8 Å². The third-order valence-electron chi connectivity index (χ3n) is 8.36. The second-order valence-electron chi connectivity index (χ2n) is 12.0. The quantitative estimate of drug-likeness (QED) is 0.0969. The zero-order valence-electron chi connectivity index (χ0n) is 27.9. The number of benzene rings is 4. The number of esters is 2. The lowest BCUT2D eigenvalue weighted by atomic mass is 10.0. The van der Waals surface area contributed by atoms with Crippen LogP contribution in [-0.2, 0) is 33.4 Å². The lowest BCUT2D eigenvalue weighted by Gasteiger charge is -2.37. The molecule has 0 amide bonds. The molecular weight excluding hydrogens is 684 g/mol. The Balaban J connectivity index is 1.33. The first kappa shape index (κ1) is 36.1. The zero-order valence-corrected chi connectivity index (χ0v) is 27.9. The molecule has 0 N–H and O–H groups in total. The number of methoxy groups -OCH3 is 1. The van der Waals surface area contributed by atoms with Crippen LogP contribution < -0.4 is 9.47 Å². The van der Waals surface area contributed by atoms with E-state index in [1.807, 2.05) is 0 Å². The molecule has 1 saturated heterocycles. The topological polar surface area (TPSA) is 98.1 Å². The maximum atomic E-state index is 16.0. The molecule has 0 unspecified atom stereocenters. The van der Waals surface area contributed by atoms with Gasteiger partial charge in [-0.3, -0.25) is 4.68 Å². The van der Waals surface area contributed by atoms with Crippen LogP contribution in [0.25, 0.3) is 0 Å². The fourth-order valence-corrected chi connectivity index (χ4v) is 5.79. The summed E-state index contributed by atoms with van der Waals surface area (Å²) in [6.45, 7) is -0.842. The van der Waals surface area contributed by atoms with Crippen molar-refractivity contribution in [1.29, 1.82) is 0 Å². The van der Waals surface area contributed by atoms with Gasteiger partial charge in [-0.2, -0.15) is 13.2 Å². The van der Waals surface area contributed by atoms with Crippen LogP contribution in [0.4, 0.5) is 17.6 Å². The molecule has 0 aliphatic carbocycles. The van der Waals surface area contributed by atoms with Crippen molar-refractivity contribution in [3.8, 4) is 11.6 Å². The van der Waals surface area contributed by atoms with Crippen molar-refractivity contribution in [1.82, 2.24) is 9.78 Å². The molecule has 0 bridgehead atoms. The van der Waals surface area contributed by atoms with E-state index in [1.165, 1.54) is 31.4 Å². The standard InChI is InChI=1S/C39H34F4N2O7/c1-48-29-19-17-25(18-20-29)21-30-35(39(41,42)43)45(23-26-11-5-2-6-12-26)44-36(30)52-33-22-31(51-38(47)28-15-9-4-10-16-28)34(40)32(50-33)24-49-37(46)27-13-7-3-8-14-27/h2-20,31-34H,21-24H2,1H3/t31-,32-,33+,34+/m1/s1. The van der Waals surface area contributed by atoms with Crippen molar-refractivity contribution >= 4 is 11.9 Å². The van der Waals surface area contributed by atoms with Gasteiger partial charge in [-0.15, -0.1) is 5.10 Å². The van der Waals surface area contributed by atoms with Gasteiger partial charge in [0.1, 0.15) is 30.3 Å². The molecule has 6 rings (SSSR count). The van der Waals surface area contributed by atoms with Crippen LogP contribution in [0.2, 0.25) is 0 Å². The Morgan fingerprint density at radius 1 is 0.827 bits per heavy atom. The summed E-state index contributed by atoms with van der Waals surface area (Å²) in [5.41, 5.74) is 0.0955. The molecule has 1 aromatic heterocycles. The Morgan fingerprint density at radius 2 is 1.42 bits per heavy atom. The summed E-state index contributed by atoms with van der Waals surface area (Å²) < 4.78 is 89.6. The van der Waals surface area contributed by atoms with Gasteiger partial charge >= 0.3 is 18.1 Å². The Hall–Kier alpha value is -5.69. The molecule has 52 heavy (non-hydrogen) atoms. The van der Waals surface area contributed by atoms with E-state index in [0.29, 0.717) is 16.9 Å². The molecule has 4 aromatic carbocycles. The Bertz CT molecular complexity index is 1940. The van der Waals surface area contributed by atoms with Crippen LogP contribution in [-0.4, -0.2) is 60.1 Å². The van der Waals surface area contributed by atoms with Crippen LogP contribution in [0.15, 0.2) is 115 Å². The molecule has 9 nitrogen and oxygen atoms in total. The maximum absolute atomic E-state index is 16.0. The third kappa shape index (κ3) is 8.78. The predicted molar refractivity (Wildman–Crippen MR) is 180 cm³/mol. The molecule has 1 fully saturated rings. The van der Waals surface area contributed by atoms with Crippen molar-refractivity contribution in [2.75, 3.05) is 13.7 Å². The summed E-state index contributed by atoms with van der Waals surface area (Å²) >= 11 is 0. The summed E-state index contributed by atoms with van der Waals surface area (Å²) in [6, 6.07) is 30.9. The van der Waals surface area contributed by atoms with Crippen LogP contribution in [0.1, 0.15) is 49.5 Å². The van der Waals surface area contributed by atoms with Crippen LogP contribution >= 0.6 is 0 Å². The van der Waals surface area contributed by atoms with Crippen LogP contribution in [0.3, 0.4) is 0 Å². The van der Waals surface area contributed by atoms with E-state index >= 15 is 4.39 Å². The average molecular weight is 719 g/mol. The van der Waals surface area contributed by atoms with Crippen LogP contribution in [0.5, 0.6) is 11.6 Å². The first-order valence-electron chi connectivity index (χ1n) is 16.4. The highest BCUT2D eigenvalue weighted by Crippen LogP contribution is 2.39. The highest BCUT2D eigenvalue weighted by atomic mass is 19.4. The smallest absolute Gasteiger partial charge is 0.433 e. The minimum absolute atomic E-state index is 0.155. The Morgan fingerprint density at radius 3 is 2.02 bits per heavy atom. The molecule has 0 saturated carbocycles. The molecule has 1 aliphatic heterocycles. The third-order valence-corrected chi connectivity index (χ3v) is 8.36. The lowest BCUT2D eigenvalue weighted by Crippen LogP contribution is -2.51. The van der Waals surface area contributed by atoms with E-state index in [9.17, 15) is 22.8 Å². The van der Waals surface area contributed by atoms with E-state index < -0.39 is 67.4 Å². The van der Waals surface area contributed by atoms with Gasteiger partial charge in [-0.25, -0.2) is 14.0 Å². The van der Waals surface area contributed by atoms with Gasteiger partial charge in [0.25, 0.3) is 0 Å². The molecular formula is C39H34F4N2O7. The molecule has 0 radical (unpaired) electrons. The zero-order chi connectivity index (χ0) is 36.7. The summed E-state index contributed by atoms with van der Waals surface area (Å²) in [7, 11) is 1.47. The van der Waals surface area contributed by atoms with Gasteiger partial charge < -0.3 is 23.7 Å². The van der Waals surface area contributed by atoms with E-state index in [4.69, 9.17) is 23.7 Å². The summed E-state index contributed by atoms with van der Waals surface area (Å²) in [5.74, 6) is -1.48. The van der Waals surface area contributed by atoms with Crippen molar-refractivity contribution in [2.24, 2.45) is 0 Å². The number of nitrogens with zero attached hydrogens (tertiary/aromatic N) is 2. The minimum Gasteiger partial charge on any atom is -0.497 e. The van der Waals surface area contributed by atoms with Gasteiger partial charge in [-0.1, -0.05) is 78.9 Å². The van der Waals surface area contributed by atoms with Gasteiger partial charge in [0.2, 0.25) is 12.2 Å². The number of alkyl halides is 4. The van der Waals surface area contributed by atoms with Crippen molar-refractivity contribution in [3.63, 3.8) is 0 Å². The number of rotatable bonds is 12. The Kier molecular flexibility index (Phi) is 11.2. The highest BCUT2D eigenvalue weighted by molar-refractivity contribution is 5.89. The van der Waals surface area contributed by atoms with E-state index in [-0.39, 0.29) is 29.7 Å². The number of halogens is 4. The normalized spacial score (nSPS) is 18.7. The summed E-state index contributed by atoms with van der Waals surface area (Å²) in [6.07, 6.45) is -12.0. The molecule has 2 heterocycles. The number of hydrogen-bond donors (Lipinski definition) is 0. The molecule has 1 aliphatic rings. The second-order valence-corrected chi connectivity index (χ2v) is 12.0. The monoisotopic (exact) mass is 718 g/mol. The van der Waals surface area contributed by atoms with Crippen molar-refractivity contribution < 1.29 is 50.8 Å². The summed E-state index contributed by atoms with van der Waals surface area (Å²) in [4.78, 5) is 25.7. The molecule has 5 aromatic rings. The largest absolute Gasteiger partial charge is 0.497 e. The highest BCUT2D eigenvalue weighted by Gasteiger charge is 2.45. The summed E-state index contributed by atoms with van der Waals surface area (Å²) in [5, 5.41) is 4.27. The van der Waals surface area contributed by atoms with Gasteiger partial charge in [-0.05, 0) is 47.5 Å². The molecule has 0 spiro atoms. The number of hydrogen-bond acceptors (Lipinski definition) is 8. The molecule has 13 heteroatoms. The first-order valence-corrected chi connectivity index (χ1v) is 16.4. The number of ether oxygens (including phenoxy) is 5. The average Bonchev–Trinajstić information content (AvgIpc) is 3.49. The lowest BCUT2D eigenvalue weighted by molar-refractivity contribution is -0.215. The number of aromatic nitrogens is 2. The van der Waals surface area contributed by atoms with Crippen LogP contribution in [0, 0.1) is 0 Å². The molecule has 270 valence electrons. The molecule has 4 atom stereocenters. The van der Waals surface area contributed by atoms with E-state index in [1.54, 1.807) is 91.0 Å². The van der Waals surface area contributed by atoms with Gasteiger partial charge in [0.15, 0.2) is 6.17 Å². The maximum Gasteiger partial charge on any atom is 0.433 e. The van der Waals surface area contributed by atoms with E-state index in [2.05, 4.69) is 5.10 Å².